The van der Waals surface area contributed by atoms with Crippen molar-refractivity contribution in [1.29, 1.82) is 0 Å². The lowest BCUT2D eigenvalue weighted by Crippen LogP contribution is -2.13. The lowest BCUT2D eigenvalue weighted by atomic mass is 10.1. The minimum absolute atomic E-state index is 0.120. The van der Waals surface area contributed by atoms with E-state index in [9.17, 15) is 4.79 Å². The standard InChI is InChI=1S/C19H17Cl2N3O2/c1-3-19(25)22-18-11-16(12-4-7-14(26-2)8-5-12)23-24(18)17-10-13(20)6-9-15(17)21/h4-11H,3H2,1-2H3,(H,22,25). The van der Waals surface area contributed by atoms with Gasteiger partial charge in [0.05, 0.1) is 23.5 Å². The molecule has 3 rings (SSSR count). The highest BCUT2D eigenvalue weighted by Gasteiger charge is 2.15. The number of hydrogen-bond acceptors (Lipinski definition) is 3. The number of halogens is 2. The molecule has 0 unspecified atom stereocenters. The third-order valence-corrected chi connectivity index (χ3v) is 4.37. The fourth-order valence-electron chi connectivity index (χ4n) is 2.44. The van der Waals surface area contributed by atoms with E-state index >= 15 is 0 Å². The molecule has 0 aliphatic carbocycles. The zero-order valence-corrected chi connectivity index (χ0v) is 15.8. The van der Waals surface area contributed by atoms with Gasteiger partial charge in [0, 0.05) is 23.1 Å². The Morgan fingerprint density at radius 2 is 1.88 bits per heavy atom. The van der Waals surface area contributed by atoms with Crippen LogP contribution in [-0.4, -0.2) is 22.8 Å². The number of hydrogen-bond donors (Lipinski definition) is 1. The number of carbonyl (C=O) groups excluding carboxylic acids is 1. The van der Waals surface area contributed by atoms with Crippen LogP contribution in [0, 0.1) is 0 Å². The minimum atomic E-state index is -0.120. The number of benzene rings is 2. The minimum Gasteiger partial charge on any atom is -0.497 e. The Labute approximate surface area is 161 Å². The van der Waals surface area contributed by atoms with Gasteiger partial charge >= 0.3 is 0 Å². The summed E-state index contributed by atoms with van der Waals surface area (Å²) in [6.45, 7) is 1.78. The third kappa shape index (κ3) is 3.84. The molecule has 1 aromatic heterocycles. The van der Waals surface area contributed by atoms with Gasteiger partial charge in [-0.1, -0.05) is 30.1 Å². The highest BCUT2D eigenvalue weighted by atomic mass is 35.5. The predicted molar refractivity (Wildman–Crippen MR) is 104 cm³/mol. The van der Waals surface area contributed by atoms with E-state index in [4.69, 9.17) is 27.9 Å². The van der Waals surface area contributed by atoms with Gasteiger partial charge in [0.2, 0.25) is 5.91 Å². The molecule has 0 saturated carbocycles. The summed E-state index contributed by atoms with van der Waals surface area (Å²) in [5.74, 6) is 1.16. The zero-order valence-electron chi connectivity index (χ0n) is 14.3. The third-order valence-electron chi connectivity index (χ3n) is 3.82. The molecule has 26 heavy (non-hydrogen) atoms. The van der Waals surface area contributed by atoms with Crippen LogP contribution in [0.3, 0.4) is 0 Å². The van der Waals surface area contributed by atoms with Crippen LogP contribution in [0.5, 0.6) is 5.75 Å². The van der Waals surface area contributed by atoms with Crippen LogP contribution in [0.4, 0.5) is 5.82 Å². The molecule has 5 nitrogen and oxygen atoms in total. The number of amides is 1. The predicted octanol–water partition coefficient (Wildman–Crippen LogP) is 5.20. The molecule has 0 radical (unpaired) electrons. The summed E-state index contributed by atoms with van der Waals surface area (Å²) >= 11 is 12.4. The molecule has 0 aliphatic heterocycles. The van der Waals surface area contributed by atoms with E-state index in [1.54, 1.807) is 43.0 Å². The van der Waals surface area contributed by atoms with Gasteiger partial charge in [-0.2, -0.15) is 5.10 Å². The Balaban J connectivity index is 2.10. The molecular formula is C19H17Cl2N3O2. The summed E-state index contributed by atoms with van der Waals surface area (Å²) in [6, 6.07) is 14.4. The molecule has 1 amide bonds. The number of ether oxygens (including phenoxy) is 1. The Morgan fingerprint density at radius 1 is 1.15 bits per heavy atom. The second kappa shape index (κ2) is 7.81. The number of methoxy groups -OCH3 is 1. The smallest absolute Gasteiger partial charge is 0.225 e. The van der Waals surface area contributed by atoms with E-state index in [0.717, 1.165) is 11.3 Å². The highest BCUT2D eigenvalue weighted by molar-refractivity contribution is 6.34. The average molecular weight is 390 g/mol. The molecule has 0 fully saturated rings. The molecule has 2 aromatic carbocycles. The maximum Gasteiger partial charge on any atom is 0.225 e. The molecule has 1 N–H and O–H groups in total. The van der Waals surface area contributed by atoms with Crippen molar-refractivity contribution >= 4 is 34.9 Å². The molecule has 0 atom stereocenters. The van der Waals surface area contributed by atoms with E-state index in [-0.39, 0.29) is 5.91 Å². The Kier molecular flexibility index (Phi) is 5.49. The topological polar surface area (TPSA) is 56.1 Å². The summed E-state index contributed by atoms with van der Waals surface area (Å²) in [7, 11) is 1.61. The van der Waals surface area contributed by atoms with Crippen molar-refractivity contribution in [2.24, 2.45) is 0 Å². The molecule has 3 aromatic rings. The first kappa shape index (κ1) is 18.3. The van der Waals surface area contributed by atoms with Crippen LogP contribution >= 0.6 is 23.2 Å². The Morgan fingerprint density at radius 3 is 2.54 bits per heavy atom. The second-order valence-electron chi connectivity index (χ2n) is 5.55. The molecule has 0 bridgehead atoms. The van der Waals surface area contributed by atoms with Gasteiger partial charge in [0.25, 0.3) is 0 Å². The van der Waals surface area contributed by atoms with Crippen molar-refractivity contribution in [3.05, 3.63) is 58.6 Å². The van der Waals surface area contributed by atoms with E-state index in [2.05, 4.69) is 10.4 Å². The second-order valence-corrected chi connectivity index (χ2v) is 6.40. The molecular weight excluding hydrogens is 373 g/mol. The molecule has 0 spiro atoms. The van der Waals surface area contributed by atoms with Crippen LogP contribution < -0.4 is 10.1 Å². The van der Waals surface area contributed by atoms with E-state index in [0.29, 0.717) is 33.7 Å². The molecule has 7 heteroatoms. The number of carbonyl (C=O) groups is 1. The maximum absolute atomic E-state index is 11.9. The van der Waals surface area contributed by atoms with Crippen molar-refractivity contribution in [3.8, 4) is 22.7 Å². The van der Waals surface area contributed by atoms with E-state index in [1.807, 2.05) is 24.3 Å². The number of aromatic nitrogens is 2. The van der Waals surface area contributed by atoms with Crippen LogP contribution in [0.1, 0.15) is 13.3 Å². The lowest BCUT2D eigenvalue weighted by molar-refractivity contribution is -0.115. The maximum atomic E-state index is 11.9. The number of anilines is 1. The zero-order chi connectivity index (χ0) is 18.7. The normalized spacial score (nSPS) is 10.6. The number of nitrogens with one attached hydrogen (secondary N) is 1. The van der Waals surface area contributed by atoms with Crippen molar-refractivity contribution < 1.29 is 9.53 Å². The highest BCUT2D eigenvalue weighted by Crippen LogP contribution is 2.30. The van der Waals surface area contributed by atoms with Crippen molar-refractivity contribution in [3.63, 3.8) is 0 Å². The lowest BCUT2D eigenvalue weighted by Gasteiger charge is -2.10. The first-order valence-corrected chi connectivity index (χ1v) is 8.77. The monoisotopic (exact) mass is 389 g/mol. The molecule has 0 aliphatic rings. The van der Waals surface area contributed by atoms with Gasteiger partial charge in [-0.3, -0.25) is 4.79 Å². The fraction of sp³-hybridized carbons (Fsp3) is 0.158. The van der Waals surface area contributed by atoms with Gasteiger partial charge in [0.1, 0.15) is 11.6 Å². The van der Waals surface area contributed by atoms with Gasteiger partial charge < -0.3 is 10.1 Å². The van der Waals surface area contributed by atoms with Crippen LogP contribution in [0.2, 0.25) is 10.0 Å². The Hall–Kier alpha value is -2.50. The van der Waals surface area contributed by atoms with Gasteiger partial charge in [0.15, 0.2) is 0 Å². The van der Waals surface area contributed by atoms with Crippen molar-refractivity contribution in [2.45, 2.75) is 13.3 Å². The fourth-order valence-corrected chi connectivity index (χ4v) is 2.80. The molecule has 0 saturated heterocycles. The van der Waals surface area contributed by atoms with E-state index in [1.165, 1.54) is 0 Å². The van der Waals surface area contributed by atoms with Crippen molar-refractivity contribution in [2.75, 3.05) is 12.4 Å². The Bertz CT molecular complexity index is 936. The summed E-state index contributed by atoms with van der Waals surface area (Å²) in [4.78, 5) is 11.9. The van der Waals surface area contributed by atoms with Gasteiger partial charge in [-0.05, 0) is 42.5 Å². The largest absolute Gasteiger partial charge is 0.497 e. The van der Waals surface area contributed by atoms with Gasteiger partial charge in [-0.15, -0.1) is 0 Å². The molecule has 134 valence electrons. The van der Waals surface area contributed by atoms with Gasteiger partial charge in [-0.25, -0.2) is 4.68 Å². The summed E-state index contributed by atoms with van der Waals surface area (Å²) < 4.78 is 6.77. The first-order valence-electron chi connectivity index (χ1n) is 8.01. The number of nitrogens with zero attached hydrogens (tertiary/aromatic N) is 2. The van der Waals surface area contributed by atoms with Crippen molar-refractivity contribution in [1.82, 2.24) is 9.78 Å². The average Bonchev–Trinajstić information content (AvgIpc) is 3.07. The molecule has 1 heterocycles. The van der Waals surface area contributed by atoms with Crippen LogP contribution in [0.15, 0.2) is 48.5 Å². The first-order chi connectivity index (χ1) is 12.5. The SMILES string of the molecule is CCC(=O)Nc1cc(-c2ccc(OC)cc2)nn1-c1cc(Cl)ccc1Cl. The van der Waals surface area contributed by atoms with Crippen LogP contribution in [-0.2, 0) is 4.79 Å². The number of rotatable bonds is 5. The summed E-state index contributed by atoms with van der Waals surface area (Å²) in [5, 5.41) is 8.47. The summed E-state index contributed by atoms with van der Waals surface area (Å²) in [5.41, 5.74) is 2.16. The summed E-state index contributed by atoms with van der Waals surface area (Å²) in [6.07, 6.45) is 0.353. The quantitative estimate of drug-likeness (QED) is 0.651. The van der Waals surface area contributed by atoms with E-state index < -0.39 is 0 Å². The van der Waals surface area contributed by atoms with Crippen LogP contribution in [0.25, 0.3) is 16.9 Å².